The summed E-state index contributed by atoms with van der Waals surface area (Å²) in [6.45, 7) is 1.52. The van der Waals surface area contributed by atoms with Gasteiger partial charge in [-0.2, -0.15) is 0 Å². The molecule has 2 unspecified atom stereocenters. The van der Waals surface area contributed by atoms with Crippen LogP contribution in [0, 0.1) is 11.7 Å². The van der Waals surface area contributed by atoms with Crippen LogP contribution in [0.1, 0.15) is 31.2 Å². The van der Waals surface area contributed by atoms with Crippen LogP contribution in [0.4, 0.5) is 4.39 Å². The van der Waals surface area contributed by atoms with Gasteiger partial charge in [-0.15, -0.1) is 0 Å². The lowest BCUT2D eigenvalue weighted by molar-refractivity contribution is 0.0695. The van der Waals surface area contributed by atoms with Crippen molar-refractivity contribution in [2.24, 2.45) is 5.92 Å². The summed E-state index contributed by atoms with van der Waals surface area (Å²) in [5.41, 5.74) is 1.04. The molecule has 18 heavy (non-hydrogen) atoms. The van der Waals surface area contributed by atoms with E-state index in [2.05, 4.69) is 21.2 Å². The normalized spacial score (nSPS) is 24.2. The van der Waals surface area contributed by atoms with Gasteiger partial charge in [0.15, 0.2) is 0 Å². The number of halogens is 2. The van der Waals surface area contributed by atoms with E-state index >= 15 is 0 Å². The van der Waals surface area contributed by atoms with Crippen LogP contribution in [0.5, 0.6) is 0 Å². The van der Waals surface area contributed by atoms with Gasteiger partial charge in [0, 0.05) is 17.6 Å². The number of aliphatic hydroxyl groups excluding tert-OH is 1. The van der Waals surface area contributed by atoms with E-state index in [9.17, 15) is 9.50 Å². The predicted molar refractivity (Wildman–Crippen MR) is 73.8 cm³/mol. The lowest BCUT2D eigenvalue weighted by Crippen LogP contribution is -2.33. The standard InChI is InChI=1S/C14H19BrFNO/c15-13-7-12(16)6-5-10(13)8-17-9-11-3-1-2-4-14(11)18/h5-7,11,14,17-18H,1-4,8-9H2. The van der Waals surface area contributed by atoms with Crippen LogP contribution < -0.4 is 5.32 Å². The van der Waals surface area contributed by atoms with Crippen molar-refractivity contribution in [3.8, 4) is 0 Å². The molecule has 100 valence electrons. The molecule has 1 aromatic rings. The van der Waals surface area contributed by atoms with Crippen LogP contribution in [0.15, 0.2) is 22.7 Å². The molecule has 1 aliphatic carbocycles. The van der Waals surface area contributed by atoms with Crippen LogP contribution in [-0.2, 0) is 6.54 Å². The molecule has 1 fully saturated rings. The Kier molecular flexibility index (Phi) is 5.15. The van der Waals surface area contributed by atoms with Gasteiger partial charge in [-0.3, -0.25) is 0 Å². The van der Waals surface area contributed by atoms with Crippen molar-refractivity contribution < 1.29 is 9.50 Å². The van der Waals surface area contributed by atoms with Gasteiger partial charge in [0.1, 0.15) is 5.82 Å². The van der Waals surface area contributed by atoms with Crippen LogP contribution in [-0.4, -0.2) is 17.8 Å². The third-order valence-electron chi connectivity index (χ3n) is 3.61. The van der Waals surface area contributed by atoms with Gasteiger partial charge in [0.25, 0.3) is 0 Å². The SMILES string of the molecule is OC1CCCCC1CNCc1ccc(F)cc1Br. The fourth-order valence-electron chi connectivity index (χ4n) is 2.48. The van der Waals surface area contributed by atoms with E-state index in [1.54, 1.807) is 6.07 Å². The highest BCUT2D eigenvalue weighted by Gasteiger charge is 2.22. The average Bonchev–Trinajstić information content (AvgIpc) is 2.34. The highest BCUT2D eigenvalue weighted by Crippen LogP contribution is 2.24. The second-order valence-electron chi connectivity index (χ2n) is 4.98. The zero-order valence-corrected chi connectivity index (χ0v) is 11.9. The van der Waals surface area contributed by atoms with E-state index in [1.165, 1.54) is 18.6 Å². The fraction of sp³-hybridized carbons (Fsp3) is 0.571. The van der Waals surface area contributed by atoms with Crippen molar-refractivity contribution in [2.75, 3.05) is 6.54 Å². The second kappa shape index (κ2) is 6.64. The molecule has 0 aliphatic heterocycles. The van der Waals surface area contributed by atoms with Crippen molar-refractivity contribution >= 4 is 15.9 Å². The number of benzene rings is 1. The Morgan fingerprint density at radius 3 is 2.83 bits per heavy atom. The molecule has 1 saturated carbocycles. The quantitative estimate of drug-likeness (QED) is 0.894. The molecule has 0 heterocycles. The van der Waals surface area contributed by atoms with E-state index in [0.29, 0.717) is 12.5 Å². The van der Waals surface area contributed by atoms with Crippen molar-refractivity contribution in [3.63, 3.8) is 0 Å². The highest BCUT2D eigenvalue weighted by atomic mass is 79.9. The minimum atomic E-state index is -0.228. The van der Waals surface area contributed by atoms with Crippen LogP contribution in [0.25, 0.3) is 0 Å². The summed E-state index contributed by atoms with van der Waals surface area (Å²) >= 11 is 3.36. The zero-order chi connectivity index (χ0) is 13.0. The summed E-state index contributed by atoms with van der Waals surface area (Å²) in [6.07, 6.45) is 4.21. The maximum atomic E-state index is 12.9. The van der Waals surface area contributed by atoms with Crippen LogP contribution in [0.3, 0.4) is 0 Å². The lowest BCUT2D eigenvalue weighted by atomic mass is 9.86. The number of rotatable bonds is 4. The Morgan fingerprint density at radius 1 is 1.33 bits per heavy atom. The topological polar surface area (TPSA) is 32.3 Å². The first kappa shape index (κ1) is 14.0. The maximum Gasteiger partial charge on any atom is 0.124 e. The molecule has 1 aliphatic rings. The molecule has 0 amide bonds. The van der Waals surface area contributed by atoms with Crippen molar-refractivity contribution in [1.82, 2.24) is 5.32 Å². The third kappa shape index (κ3) is 3.77. The zero-order valence-electron chi connectivity index (χ0n) is 10.3. The molecule has 1 aromatic carbocycles. The van der Waals surface area contributed by atoms with Gasteiger partial charge < -0.3 is 10.4 Å². The molecule has 2 N–H and O–H groups in total. The molecule has 0 spiro atoms. The number of nitrogens with one attached hydrogen (secondary N) is 1. The molecule has 0 radical (unpaired) electrons. The average molecular weight is 316 g/mol. The predicted octanol–water partition coefficient (Wildman–Crippen LogP) is 3.23. The van der Waals surface area contributed by atoms with E-state index in [-0.39, 0.29) is 11.9 Å². The number of hydrogen-bond acceptors (Lipinski definition) is 2. The van der Waals surface area contributed by atoms with Gasteiger partial charge in [0.2, 0.25) is 0 Å². The molecular weight excluding hydrogens is 297 g/mol. The summed E-state index contributed by atoms with van der Waals surface area (Å²) in [5.74, 6) is 0.131. The molecule has 0 aromatic heterocycles. The molecule has 4 heteroatoms. The summed E-state index contributed by atoms with van der Waals surface area (Å²) in [4.78, 5) is 0. The first-order chi connectivity index (χ1) is 8.66. The van der Waals surface area contributed by atoms with Gasteiger partial charge in [-0.1, -0.05) is 34.8 Å². The van der Waals surface area contributed by atoms with Crippen LogP contribution >= 0.6 is 15.9 Å². The van der Waals surface area contributed by atoms with Crippen molar-refractivity contribution in [3.05, 3.63) is 34.1 Å². The Bertz CT molecular complexity index is 399. The molecular formula is C14H19BrFNO. The monoisotopic (exact) mass is 315 g/mol. The molecule has 2 nitrogen and oxygen atoms in total. The van der Waals surface area contributed by atoms with Gasteiger partial charge >= 0.3 is 0 Å². The first-order valence-corrected chi connectivity index (χ1v) is 7.29. The van der Waals surface area contributed by atoms with E-state index in [4.69, 9.17) is 0 Å². The molecule has 0 saturated heterocycles. The Balaban J connectivity index is 1.81. The minimum Gasteiger partial charge on any atom is -0.393 e. The Hall–Kier alpha value is -0.450. The summed E-state index contributed by atoms with van der Waals surface area (Å²) in [5, 5.41) is 13.2. The van der Waals surface area contributed by atoms with E-state index in [1.807, 2.05) is 0 Å². The van der Waals surface area contributed by atoms with Crippen LogP contribution in [0.2, 0.25) is 0 Å². The summed E-state index contributed by atoms with van der Waals surface area (Å²) in [7, 11) is 0. The third-order valence-corrected chi connectivity index (χ3v) is 4.34. The van der Waals surface area contributed by atoms with Gasteiger partial charge in [0.05, 0.1) is 6.10 Å². The van der Waals surface area contributed by atoms with Crippen molar-refractivity contribution in [1.29, 1.82) is 0 Å². The number of aliphatic hydroxyl groups is 1. The lowest BCUT2D eigenvalue weighted by Gasteiger charge is -2.27. The Morgan fingerprint density at radius 2 is 2.11 bits per heavy atom. The first-order valence-electron chi connectivity index (χ1n) is 6.49. The van der Waals surface area contributed by atoms with E-state index < -0.39 is 0 Å². The smallest absolute Gasteiger partial charge is 0.124 e. The fourth-order valence-corrected chi connectivity index (χ4v) is 2.97. The maximum absolute atomic E-state index is 12.9. The summed E-state index contributed by atoms with van der Waals surface area (Å²) < 4.78 is 13.7. The minimum absolute atomic E-state index is 0.164. The van der Waals surface area contributed by atoms with Gasteiger partial charge in [-0.25, -0.2) is 4.39 Å². The Labute approximate surface area is 116 Å². The second-order valence-corrected chi connectivity index (χ2v) is 5.83. The highest BCUT2D eigenvalue weighted by molar-refractivity contribution is 9.10. The van der Waals surface area contributed by atoms with Gasteiger partial charge in [-0.05, 0) is 36.5 Å². The molecule has 2 rings (SSSR count). The van der Waals surface area contributed by atoms with E-state index in [0.717, 1.165) is 35.8 Å². The number of hydrogen-bond donors (Lipinski definition) is 2. The molecule has 0 bridgehead atoms. The van der Waals surface area contributed by atoms with Crippen molar-refractivity contribution in [2.45, 2.75) is 38.3 Å². The largest absolute Gasteiger partial charge is 0.393 e. The molecule has 2 atom stereocenters. The summed E-state index contributed by atoms with van der Waals surface area (Å²) in [6, 6.07) is 4.73.